The van der Waals surface area contributed by atoms with Crippen molar-refractivity contribution in [1.29, 1.82) is 5.26 Å². The van der Waals surface area contributed by atoms with Gasteiger partial charge in [0.25, 0.3) is 0 Å². The maximum Gasteiger partial charge on any atom is 0.311 e. The molecule has 0 amide bonds. The van der Waals surface area contributed by atoms with E-state index in [4.69, 9.17) is 18.2 Å². The molecule has 210 valence electrons. The van der Waals surface area contributed by atoms with E-state index in [1.807, 2.05) is 30.3 Å². The van der Waals surface area contributed by atoms with Gasteiger partial charge in [-0.15, -0.1) is 0 Å². The largest absolute Gasteiger partial charge is 0.491 e. The second-order valence-corrected chi connectivity index (χ2v) is 24.7. The second kappa shape index (κ2) is 14.6. The van der Waals surface area contributed by atoms with Gasteiger partial charge in [0.05, 0.1) is 5.56 Å². The number of rotatable bonds is 16. The van der Waals surface area contributed by atoms with Crippen molar-refractivity contribution in [3.63, 3.8) is 0 Å². The van der Waals surface area contributed by atoms with Crippen LogP contribution in [-0.2, 0) is 8.23 Å². The van der Waals surface area contributed by atoms with Crippen LogP contribution < -0.4 is 4.74 Å². The molecular weight excluding hydrogens is 526 g/mol. The van der Waals surface area contributed by atoms with Gasteiger partial charge in [-0.05, 0) is 87.6 Å². The third-order valence-corrected chi connectivity index (χ3v) is 16.9. The molecule has 0 radical (unpaired) electrons. The van der Waals surface area contributed by atoms with Gasteiger partial charge in [-0.2, -0.15) is 5.26 Å². The summed E-state index contributed by atoms with van der Waals surface area (Å²) in [5, 5.41) is 9.00. The molecule has 2 aromatic rings. The molecule has 2 aromatic carbocycles. The molecule has 1 unspecified atom stereocenters. The molecule has 0 fully saturated rings. The van der Waals surface area contributed by atoms with Crippen LogP contribution in [0.3, 0.4) is 0 Å². The van der Waals surface area contributed by atoms with Gasteiger partial charge in [0.1, 0.15) is 23.4 Å². The molecule has 0 aliphatic carbocycles. The Morgan fingerprint density at radius 2 is 1.37 bits per heavy atom. The Morgan fingerprint density at radius 3 is 1.92 bits per heavy atom. The molecule has 0 spiro atoms. The van der Waals surface area contributed by atoms with E-state index in [0.717, 1.165) is 29.7 Å². The third kappa shape index (κ3) is 11.1. The number of benzene rings is 2. The van der Waals surface area contributed by atoms with Crippen LogP contribution in [0.25, 0.3) is 11.1 Å². The highest BCUT2D eigenvalue weighted by Gasteiger charge is 2.43. The van der Waals surface area contributed by atoms with Crippen molar-refractivity contribution in [3.05, 3.63) is 53.8 Å². The van der Waals surface area contributed by atoms with Crippen molar-refractivity contribution in [2.75, 3.05) is 0 Å². The molecule has 0 aliphatic rings. The van der Waals surface area contributed by atoms with Crippen molar-refractivity contribution < 1.29 is 17.4 Å². The van der Waals surface area contributed by atoms with Crippen molar-refractivity contribution in [3.8, 4) is 22.9 Å². The number of ether oxygens (including phenoxy) is 1. The van der Waals surface area contributed by atoms with E-state index in [2.05, 4.69) is 52.8 Å². The van der Waals surface area contributed by atoms with Crippen LogP contribution in [0.15, 0.2) is 42.5 Å². The lowest BCUT2D eigenvalue weighted by atomic mass is 10.0. The van der Waals surface area contributed by atoms with E-state index in [1.54, 1.807) is 6.07 Å². The van der Waals surface area contributed by atoms with Gasteiger partial charge < -0.3 is 13.0 Å². The summed E-state index contributed by atoms with van der Waals surface area (Å²) in [5.74, 6) is 0.294. The molecule has 0 saturated carbocycles. The summed E-state index contributed by atoms with van der Waals surface area (Å²) in [6.45, 7) is 17.7. The summed E-state index contributed by atoms with van der Waals surface area (Å²) in [5.41, 5.74) is 1.68. The third-order valence-electron chi connectivity index (χ3n) is 6.46. The van der Waals surface area contributed by atoms with Crippen LogP contribution in [0.5, 0.6) is 5.75 Å². The molecule has 0 bridgehead atoms. The van der Waals surface area contributed by atoms with Gasteiger partial charge in [-0.25, -0.2) is 4.39 Å². The molecule has 0 N–H and O–H groups in total. The first-order chi connectivity index (χ1) is 17.8. The number of unbranched alkanes of at least 4 members (excludes halogenated alkanes) is 6. The number of nitrogens with zero attached hydrogens (tertiary/aromatic N) is 1. The average Bonchev–Trinajstić information content (AvgIpc) is 2.80. The quantitative estimate of drug-likeness (QED) is 0.148. The van der Waals surface area contributed by atoms with Gasteiger partial charge in [0.15, 0.2) is 8.32 Å². The number of hydrogen-bond acceptors (Lipinski definition) is 4. The SMILES string of the molecule is CCCCCCCCCC(Oc1ccc(-c2ccc(C#N)c(F)c2)cc1)[Si](C)(C)O[Si](C)(C)O[Si](C)(C)C. The minimum Gasteiger partial charge on any atom is -0.491 e. The van der Waals surface area contributed by atoms with Crippen LogP contribution >= 0.6 is 0 Å². The van der Waals surface area contributed by atoms with Crippen LogP contribution in [0.2, 0.25) is 45.8 Å². The molecule has 1 atom stereocenters. The zero-order valence-corrected chi connectivity index (χ0v) is 27.8. The lowest BCUT2D eigenvalue weighted by Gasteiger charge is -2.41. The van der Waals surface area contributed by atoms with Gasteiger partial charge in [-0.3, -0.25) is 0 Å². The minimum absolute atomic E-state index is 0.00774. The van der Waals surface area contributed by atoms with Crippen LogP contribution in [0.4, 0.5) is 4.39 Å². The molecule has 4 nitrogen and oxygen atoms in total. The van der Waals surface area contributed by atoms with Crippen molar-refractivity contribution in [2.45, 2.75) is 110 Å². The molecule has 0 saturated heterocycles. The minimum atomic E-state index is -2.30. The Balaban J connectivity index is 2.16. The monoisotopic (exact) mass is 573 g/mol. The lowest BCUT2D eigenvalue weighted by molar-refractivity contribution is 0.226. The second-order valence-electron chi connectivity index (χ2n) is 12.2. The van der Waals surface area contributed by atoms with Crippen molar-refractivity contribution in [1.82, 2.24) is 0 Å². The highest BCUT2D eigenvalue weighted by Crippen LogP contribution is 2.30. The lowest BCUT2D eigenvalue weighted by Crippen LogP contribution is -2.57. The molecule has 8 heteroatoms. The maximum absolute atomic E-state index is 14.1. The topological polar surface area (TPSA) is 51.5 Å². The zero-order valence-electron chi connectivity index (χ0n) is 24.8. The Morgan fingerprint density at radius 1 is 0.789 bits per heavy atom. The summed E-state index contributed by atoms with van der Waals surface area (Å²) in [6.07, 6.45) is 9.78. The molecule has 0 aliphatic heterocycles. The van der Waals surface area contributed by atoms with E-state index < -0.39 is 31.0 Å². The predicted molar refractivity (Wildman–Crippen MR) is 164 cm³/mol. The highest BCUT2D eigenvalue weighted by atomic mass is 28.5. The zero-order chi connectivity index (χ0) is 28.4. The molecule has 38 heavy (non-hydrogen) atoms. The Bertz CT molecular complexity index is 1050. The fourth-order valence-electron chi connectivity index (χ4n) is 4.97. The van der Waals surface area contributed by atoms with E-state index in [9.17, 15) is 4.39 Å². The fourth-order valence-corrected chi connectivity index (χ4v) is 18.3. The summed E-state index contributed by atoms with van der Waals surface area (Å²) < 4.78 is 34.2. The van der Waals surface area contributed by atoms with Crippen LogP contribution in [0.1, 0.15) is 63.9 Å². The fraction of sp³-hybridized carbons (Fsp3) is 0.567. The van der Waals surface area contributed by atoms with Gasteiger partial charge in [0.2, 0.25) is 8.32 Å². The van der Waals surface area contributed by atoms with E-state index in [-0.39, 0.29) is 11.3 Å². The van der Waals surface area contributed by atoms with Gasteiger partial charge in [0, 0.05) is 0 Å². The number of halogens is 1. The standard InChI is InChI=1S/C30H48FNO3Si3/c1-9-10-11-12-13-14-15-16-30(37(5,6)35-38(7,8)34-36(2,3)4)33-28-21-19-25(20-22-28)26-17-18-27(24-32)29(31)23-26/h17-23,30H,9-16H2,1-8H3. The Hall–Kier alpha value is -1.77. The first-order valence-corrected chi connectivity index (χ1v) is 23.3. The van der Waals surface area contributed by atoms with Crippen molar-refractivity contribution in [2.24, 2.45) is 0 Å². The number of nitriles is 1. The summed E-state index contributed by atoms with van der Waals surface area (Å²) >= 11 is 0. The summed E-state index contributed by atoms with van der Waals surface area (Å²) in [4.78, 5) is 0. The highest BCUT2D eigenvalue weighted by molar-refractivity contribution is 6.87. The van der Waals surface area contributed by atoms with E-state index in [0.29, 0.717) is 0 Å². The van der Waals surface area contributed by atoms with Crippen molar-refractivity contribution >= 4 is 25.2 Å². The Kier molecular flexibility index (Phi) is 12.4. The Labute approximate surface area is 234 Å². The van der Waals surface area contributed by atoms with E-state index in [1.165, 1.54) is 50.7 Å². The van der Waals surface area contributed by atoms with Gasteiger partial charge >= 0.3 is 8.56 Å². The first kappa shape index (κ1) is 32.4. The molecular formula is C30H48FNO3Si3. The predicted octanol–water partition coefficient (Wildman–Crippen LogP) is 9.57. The van der Waals surface area contributed by atoms with Crippen LogP contribution in [-0.4, -0.2) is 30.9 Å². The maximum atomic E-state index is 14.1. The van der Waals surface area contributed by atoms with Crippen LogP contribution in [0, 0.1) is 17.1 Å². The van der Waals surface area contributed by atoms with E-state index >= 15 is 0 Å². The molecule has 0 aromatic heterocycles. The summed E-state index contributed by atoms with van der Waals surface area (Å²) in [6, 6.07) is 14.4. The summed E-state index contributed by atoms with van der Waals surface area (Å²) in [7, 11) is -6.30. The first-order valence-electron chi connectivity index (χ1n) is 14.1. The number of hydrogen-bond donors (Lipinski definition) is 0. The molecule has 0 heterocycles. The molecule has 2 rings (SSSR count). The smallest absolute Gasteiger partial charge is 0.311 e. The normalized spacial score (nSPS) is 13.3. The van der Waals surface area contributed by atoms with Gasteiger partial charge in [-0.1, -0.05) is 70.1 Å². The average molecular weight is 574 g/mol.